The van der Waals surface area contributed by atoms with Crippen LogP contribution in [-0.4, -0.2) is 5.78 Å². The van der Waals surface area contributed by atoms with Crippen LogP contribution < -0.4 is 0 Å². The fourth-order valence-corrected chi connectivity index (χ4v) is 2.11. The van der Waals surface area contributed by atoms with E-state index < -0.39 is 0 Å². The lowest BCUT2D eigenvalue weighted by Crippen LogP contribution is -1.92. The van der Waals surface area contributed by atoms with Gasteiger partial charge in [0, 0.05) is 10.0 Å². The number of carbonyl (C=O) groups excluding carboxylic acids is 1. The molecule has 0 aliphatic rings. The van der Waals surface area contributed by atoms with Gasteiger partial charge in [-0.2, -0.15) is 10.2 Å². The number of nitrogens with zero attached hydrogens (tertiary/aromatic N) is 2. The van der Waals surface area contributed by atoms with Crippen molar-refractivity contribution < 1.29 is 4.79 Å². The molecule has 0 aromatic heterocycles. The van der Waals surface area contributed by atoms with Gasteiger partial charge in [0.25, 0.3) is 0 Å². The molecule has 0 heterocycles. The Morgan fingerprint density at radius 3 is 2.28 bits per heavy atom. The van der Waals surface area contributed by atoms with E-state index in [0.717, 1.165) is 10.2 Å². The highest BCUT2D eigenvalue weighted by Crippen LogP contribution is 2.25. The van der Waals surface area contributed by atoms with Crippen LogP contribution in [0.3, 0.4) is 0 Å². The number of hydrogen-bond acceptors (Lipinski definition) is 3. The number of carbonyl (C=O) groups is 1. The van der Waals surface area contributed by atoms with Crippen molar-refractivity contribution in [2.75, 3.05) is 0 Å². The van der Waals surface area contributed by atoms with Gasteiger partial charge in [-0.15, -0.1) is 0 Å². The molecule has 0 fully saturated rings. The minimum atomic E-state index is 0.0217. The molecule has 0 atom stereocenters. The number of azo groups is 1. The van der Waals surface area contributed by atoms with Crippen molar-refractivity contribution in [3.63, 3.8) is 0 Å². The normalized spacial score (nSPS) is 10.8. The van der Waals surface area contributed by atoms with Gasteiger partial charge in [-0.1, -0.05) is 18.2 Å². The Labute approximate surface area is 114 Å². The molecule has 0 bridgehead atoms. The number of benzene rings is 2. The zero-order chi connectivity index (χ0) is 13.0. The predicted octanol–water partition coefficient (Wildman–Crippen LogP) is 5.07. The third-order valence-corrected chi connectivity index (χ3v) is 3.03. The summed E-state index contributed by atoms with van der Waals surface area (Å²) in [6, 6.07) is 14.8. The molecule has 2 rings (SSSR count). The number of ketones is 1. The van der Waals surface area contributed by atoms with Gasteiger partial charge in [-0.25, -0.2) is 0 Å². The summed E-state index contributed by atoms with van der Waals surface area (Å²) >= 11 is 3.35. The number of halogens is 1. The maximum absolute atomic E-state index is 11.3. The standard InChI is InChI=1S/C14H11BrN2O/c1-10(18)13-8-7-12(9-14(13)15)17-16-11-5-3-2-4-6-11/h2-9H,1H3. The molecule has 3 nitrogen and oxygen atoms in total. The summed E-state index contributed by atoms with van der Waals surface area (Å²) in [5.74, 6) is 0.0217. The van der Waals surface area contributed by atoms with Gasteiger partial charge >= 0.3 is 0 Å². The summed E-state index contributed by atoms with van der Waals surface area (Å²) in [7, 11) is 0. The van der Waals surface area contributed by atoms with E-state index in [1.807, 2.05) is 30.3 Å². The van der Waals surface area contributed by atoms with E-state index in [2.05, 4.69) is 26.2 Å². The number of rotatable bonds is 3. The summed E-state index contributed by atoms with van der Waals surface area (Å²) in [6.07, 6.45) is 0. The second kappa shape index (κ2) is 5.69. The van der Waals surface area contributed by atoms with Crippen LogP contribution in [-0.2, 0) is 0 Å². The third kappa shape index (κ3) is 3.11. The van der Waals surface area contributed by atoms with Crippen LogP contribution in [0.5, 0.6) is 0 Å². The molecule has 0 aliphatic carbocycles. The van der Waals surface area contributed by atoms with Crippen molar-refractivity contribution in [2.45, 2.75) is 6.92 Å². The maximum atomic E-state index is 11.3. The Hall–Kier alpha value is -1.81. The maximum Gasteiger partial charge on any atom is 0.160 e. The van der Waals surface area contributed by atoms with Gasteiger partial charge < -0.3 is 0 Å². The van der Waals surface area contributed by atoms with Crippen LogP contribution in [0.2, 0.25) is 0 Å². The molecule has 2 aromatic carbocycles. The SMILES string of the molecule is CC(=O)c1ccc(N=Nc2ccccc2)cc1Br. The highest BCUT2D eigenvalue weighted by Gasteiger charge is 2.05. The summed E-state index contributed by atoms with van der Waals surface area (Å²) < 4.78 is 0.736. The summed E-state index contributed by atoms with van der Waals surface area (Å²) in [5.41, 5.74) is 2.15. The quantitative estimate of drug-likeness (QED) is 0.576. The molecule has 0 radical (unpaired) electrons. The summed E-state index contributed by atoms with van der Waals surface area (Å²) in [4.78, 5) is 11.3. The third-order valence-electron chi connectivity index (χ3n) is 2.37. The van der Waals surface area contributed by atoms with E-state index in [1.165, 1.54) is 6.92 Å². The van der Waals surface area contributed by atoms with Crippen molar-refractivity contribution in [3.8, 4) is 0 Å². The molecule has 2 aromatic rings. The molecule has 0 saturated heterocycles. The number of hydrogen-bond donors (Lipinski definition) is 0. The highest BCUT2D eigenvalue weighted by molar-refractivity contribution is 9.10. The Kier molecular flexibility index (Phi) is 3.99. The second-order valence-corrected chi connectivity index (χ2v) is 4.61. The van der Waals surface area contributed by atoms with Crippen molar-refractivity contribution in [2.24, 2.45) is 10.2 Å². The molecule has 0 spiro atoms. The average molecular weight is 303 g/mol. The molecular formula is C14H11BrN2O. The van der Waals surface area contributed by atoms with Gasteiger partial charge in [0.05, 0.1) is 11.4 Å². The van der Waals surface area contributed by atoms with E-state index in [9.17, 15) is 4.79 Å². The van der Waals surface area contributed by atoms with E-state index in [4.69, 9.17) is 0 Å². The van der Waals surface area contributed by atoms with Crippen molar-refractivity contribution >= 4 is 33.1 Å². The van der Waals surface area contributed by atoms with E-state index in [0.29, 0.717) is 11.3 Å². The average Bonchev–Trinajstić information content (AvgIpc) is 2.37. The molecule has 0 aliphatic heterocycles. The molecular weight excluding hydrogens is 292 g/mol. The first-order chi connectivity index (χ1) is 8.66. The van der Waals surface area contributed by atoms with Crippen LogP contribution in [0.25, 0.3) is 0 Å². The summed E-state index contributed by atoms with van der Waals surface area (Å²) in [6.45, 7) is 1.53. The predicted molar refractivity (Wildman–Crippen MR) is 74.8 cm³/mol. The first-order valence-electron chi connectivity index (χ1n) is 5.44. The fourth-order valence-electron chi connectivity index (χ4n) is 1.46. The van der Waals surface area contributed by atoms with E-state index >= 15 is 0 Å². The largest absolute Gasteiger partial charge is 0.294 e. The molecule has 18 heavy (non-hydrogen) atoms. The zero-order valence-electron chi connectivity index (χ0n) is 9.80. The summed E-state index contributed by atoms with van der Waals surface area (Å²) in [5, 5.41) is 8.23. The molecule has 0 unspecified atom stereocenters. The lowest BCUT2D eigenvalue weighted by molar-refractivity contribution is 0.101. The van der Waals surface area contributed by atoms with Crippen LogP contribution >= 0.6 is 15.9 Å². The minimum absolute atomic E-state index is 0.0217. The monoisotopic (exact) mass is 302 g/mol. The molecule has 0 saturated carbocycles. The van der Waals surface area contributed by atoms with Crippen molar-refractivity contribution in [1.29, 1.82) is 0 Å². The minimum Gasteiger partial charge on any atom is -0.294 e. The van der Waals surface area contributed by atoms with Crippen LogP contribution in [0.15, 0.2) is 63.2 Å². The Morgan fingerprint density at radius 2 is 1.67 bits per heavy atom. The van der Waals surface area contributed by atoms with Crippen LogP contribution in [0.1, 0.15) is 17.3 Å². The zero-order valence-corrected chi connectivity index (χ0v) is 11.4. The molecule has 0 amide bonds. The highest BCUT2D eigenvalue weighted by atomic mass is 79.9. The fraction of sp³-hybridized carbons (Fsp3) is 0.0714. The number of Topliss-reactive ketones (excluding diaryl/α,β-unsaturated/α-hetero) is 1. The van der Waals surface area contributed by atoms with Crippen LogP contribution in [0.4, 0.5) is 11.4 Å². The first-order valence-corrected chi connectivity index (χ1v) is 6.23. The van der Waals surface area contributed by atoms with Crippen LogP contribution in [0, 0.1) is 0 Å². The lowest BCUT2D eigenvalue weighted by atomic mass is 10.1. The molecule has 4 heteroatoms. The second-order valence-electron chi connectivity index (χ2n) is 3.76. The molecule has 90 valence electrons. The topological polar surface area (TPSA) is 41.8 Å². The Morgan fingerprint density at radius 1 is 1.00 bits per heavy atom. The van der Waals surface area contributed by atoms with Crippen molar-refractivity contribution in [3.05, 3.63) is 58.6 Å². The van der Waals surface area contributed by atoms with Crippen molar-refractivity contribution in [1.82, 2.24) is 0 Å². The lowest BCUT2D eigenvalue weighted by Gasteiger charge is -2.00. The van der Waals surface area contributed by atoms with E-state index in [-0.39, 0.29) is 5.78 Å². The van der Waals surface area contributed by atoms with Gasteiger partial charge in [-0.3, -0.25) is 4.79 Å². The smallest absolute Gasteiger partial charge is 0.160 e. The van der Waals surface area contributed by atoms with Gasteiger partial charge in [-0.05, 0) is 53.2 Å². The van der Waals surface area contributed by atoms with Gasteiger partial charge in [0.15, 0.2) is 5.78 Å². The van der Waals surface area contributed by atoms with Gasteiger partial charge in [0.1, 0.15) is 0 Å². The Bertz CT molecular complexity index is 594. The van der Waals surface area contributed by atoms with Gasteiger partial charge in [0.2, 0.25) is 0 Å². The first kappa shape index (κ1) is 12.6. The van der Waals surface area contributed by atoms with E-state index in [1.54, 1.807) is 18.2 Å². The molecule has 0 N–H and O–H groups in total. The Balaban J connectivity index is 2.23.